The molecule has 0 saturated heterocycles. The van der Waals surface area contributed by atoms with Crippen LogP contribution in [0.25, 0.3) is 10.8 Å². The molecule has 0 bridgehead atoms. The highest BCUT2D eigenvalue weighted by atomic mass is 16.5. The fourth-order valence-electron chi connectivity index (χ4n) is 2.72. The number of amides is 1. The highest BCUT2D eigenvalue weighted by Crippen LogP contribution is 2.19. The predicted octanol–water partition coefficient (Wildman–Crippen LogP) is 3.93. The first kappa shape index (κ1) is 16.7. The predicted molar refractivity (Wildman–Crippen MR) is 101 cm³/mol. The molecule has 0 aliphatic rings. The minimum atomic E-state index is -0.140. The second kappa shape index (κ2) is 7.62. The third-order valence-electron chi connectivity index (χ3n) is 4.07. The summed E-state index contributed by atoms with van der Waals surface area (Å²) in [6, 6.07) is 21.6. The van der Waals surface area contributed by atoms with Crippen LogP contribution in [0.1, 0.15) is 18.1 Å². The van der Waals surface area contributed by atoms with Gasteiger partial charge in [0.05, 0.1) is 19.2 Å². The maximum atomic E-state index is 12.3. The molecule has 126 valence electrons. The Morgan fingerprint density at radius 3 is 2.64 bits per heavy atom. The first-order chi connectivity index (χ1) is 12.2. The van der Waals surface area contributed by atoms with Crippen molar-refractivity contribution in [2.45, 2.75) is 13.3 Å². The van der Waals surface area contributed by atoms with E-state index in [1.54, 1.807) is 7.11 Å². The van der Waals surface area contributed by atoms with Crippen molar-refractivity contribution in [3.63, 3.8) is 0 Å². The average molecular weight is 332 g/mol. The number of carbonyl (C=O) groups excluding carboxylic acids is 1. The van der Waals surface area contributed by atoms with Crippen molar-refractivity contribution in [3.8, 4) is 5.75 Å². The minimum absolute atomic E-state index is 0.140. The molecule has 0 radical (unpaired) electrons. The van der Waals surface area contributed by atoms with Gasteiger partial charge in [0.15, 0.2) is 0 Å². The molecule has 0 aliphatic carbocycles. The number of fused-ring (bicyclic) bond motifs is 1. The zero-order chi connectivity index (χ0) is 17.6. The van der Waals surface area contributed by atoms with Crippen molar-refractivity contribution in [3.05, 3.63) is 77.9 Å². The summed E-state index contributed by atoms with van der Waals surface area (Å²) in [6.07, 6.45) is 0.288. The molecule has 0 heterocycles. The summed E-state index contributed by atoms with van der Waals surface area (Å²) < 4.78 is 5.21. The largest absolute Gasteiger partial charge is 0.497 e. The first-order valence-electron chi connectivity index (χ1n) is 8.11. The Morgan fingerprint density at radius 2 is 1.80 bits per heavy atom. The summed E-state index contributed by atoms with van der Waals surface area (Å²) in [7, 11) is 1.62. The molecule has 1 N–H and O–H groups in total. The smallest absolute Gasteiger partial charge is 0.244 e. The summed E-state index contributed by atoms with van der Waals surface area (Å²) in [6.45, 7) is 1.85. The van der Waals surface area contributed by atoms with Gasteiger partial charge >= 0.3 is 0 Å². The van der Waals surface area contributed by atoms with Gasteiger partial charge in [-0.2, -0.15) is 5.10 Å². The Kier molecular flexibility index (Phi) is 5.09. The van der Waals surface area contributed by atoms with Gasteiger partial charge in [0, 0.05) is 5.56 Å². The second-order valence-electron chi connectivity index (χ2n) is 5.78. The van der Waals surface area contributed by atoms with Gasteiger partial charge in [0.1, 0.15) is 5.75 Å². The van der Waals surface area contributed by atoms with E-state index in [1.807, 2.05) is 73.7 Å². The first-order valence-corrected chi connectivity index (χ1v) is 8.11. The van der Waals surface area contributed by atoms with Gasteiger partial charge in [0.2, 0.25) is 5.91 Å². The van der Waals surface area contributed by atoms with Crippen LogP contribution in [-0.4, -0.2) is 18.7 Å². The number of rotatable bonds is 5. The van der Waals surface area contributed by atoms with E-state index < -0.39 is 0 Å². The molecule has 4 nitrogen and oxygen atoms in total. The number of nitrogens with zero attached hydrogens (tertiary/aromatic N) is 1. The lowest BCUT2D eigenvalue weighted by atomic mass is 10.0. The third kappa shape index (κ3) is 4.04. The van der Waals surface area contributed by atoms with E-state index in [0.717, 1.165) is 33.4 Å². The highest BCUT2D eigenvalue weighted by molar-refractivity contribution is 5.99. The fourth-order valence-corrected chi connectivity index (χ4v) is 2.72. The van der Waals surface area contributed by atoms with Gasteiger partial charge in [-0.05, 0) is 35.4 Å². The van der Waals surface area contributed by atoms with E-state index in [0.29, 0.717) is 0 Å². The number of ether oxygens (including phenoxy) is 1. The summed E-state index contributed by atoms with van der Waals surface area (Å²) in [4.78, 5) is 12.3. The van der Waals surface area contributed by atoms with Gasteiger partial charge in [-0.3, -0.25) is 4.79 Å². The van der Waals surface area contributed by atoms with Gasteiger partial charge in [0.25, 0.3) is 0 Å². The molecule has 0 unspecified atom stereocenters. The number of carbonyl (C=O) groups is 1. The topological polar surface area (TPSA) is 50.7 Å². The monoisotopic (exact) mass is 332 g/mol. The lowest BCUT2D eigenvalue weighted by molar-refractivity contribution is -0.120. The summed E-state index contributed by atoms with van der Waals surface area (Å²) in [5, 5.41) is 6.43. The Bertz CT molecular complexity index is 927. The second-order valence-corrected chi connectivity index (χ2v) is 5.78. The molecular weight excluding hydrogens is 312 g/mol. The molecule has 3 aromatic rings. The Hall–Kier alpha value is -3.14. The van der Waals surface area contributed by atoms with Crippen molar-refractivity contribution < 1.29 is 9.53 Å². The van der Waals surface area contributed by atoms with Gasteiger partial charge in [-0.25, -0.2) is 5.43 Å². The molecule has 1 amide bonds. The molecule has 0 atom stereocenters. The Balaban J connectivity index is 1.71. The zero-order valence-corrected chi connectivity index (χ0v) is 14.3. The van der Waals surface area contributed by atoms with E-state index >= 15 is 0 Å². The lowest BCUT2D eigenvalue weighted by Gasteiger charge is -2.07. The van der Waals surface area contributed by atoms with Crippen LogP contribution in [0.5, 0.6) is 5.75 Å². The third-order valence-corrected chi connectivity index (χ3v) is 4.07. The van der Waals surface area contributed by atoms with Crippen LogP contribution in [0.3, 0.4) is 0 Å². The standard InChI is InChI=1S/C21H20N2O2/c1-15(17-9-6-11-19(13-17)25-2)22-23-21(24)14-18-10-5-8-16-7-3-4-12-20(16)18/h3-13H,14H2,1-2H3,(H,23,24)/b22-15+. The van der Waals surface area contributed by atoms with Crippen LogP contribution < -0.4 is 10.2 Å². The summed E-state index contributed by atoms with van der Waals surface area (Å²) >= 11 is 0. The maximum absolute atomic E-state index is 12.3. The normalized spacial score (nSPS) is 11.4. The van der Waals surface area contributed by atoms with Gasteiger partial charge in [-0.15, -0.1) is 0 Å². The molecule has 0 fully saturated rings. The Labute approximate surface area is 147 Å². The molecule has 25 heavy (non-hydrogen) atoms. The average Bonchev–Trinajstić information content (AvgIpc) is 2.66. The van der Waals surface area contributed by atoms with Crippen molar-refractivity contribution >= 4 is 22.4 Å². The number of methoxy groups -OCH3 is 1. The van der Waals surface area contributed by atoms with Crippen LogP contribution in [0.4, 0.5) is 0 Å². The molecule has 0 aliphatic heterocycles. The van der Waals surface area contributed by atoms with Crippen LogP contribution in [0.2, 0.25) is 0 Å². The quantitative estimate of drug-likeness (QED) is 0.568. The number of hydrogen-bond donors (Lipinski definition) is 1. The molecule has 0 spiro atoms. The number of hydrogen-bond acceptors (Lipinski definition) is 3. The minimum Gasteiger partial charge on any atom is -0.497 e. The lowest BCUT2D eigenvalue weighted by Crippen LogP contribution is -2.21. The number of nitrogens with one attached hydrogen (secondary N) is 1. The van der Waals surface area contributed by atoms with Gasteiger partial charge < -0.3 is 4.74 Å². The summed E-state index contributed by atoms with van der Waals surface area (Å²) in [5.41, 5.74) is 5.26. The maximum Gasteiger partial charge on any atom is 0.244 e. The molecule has 4 heteroatoms. The van der Waals surface area contributed by atoms with E-state index in [1.165, 1.54) is 0 Å². The molecule has 0 aromatic heterocycles. The number of hydrazone groups is 1. The van der Waals surface area contributed by atoms with Crippen molar-refractivity contribution in [1.82, 2.24) is 5.43 Å². The Morgan fingerprint density at radius 1 is 1.04 bits per heavy atom. The van der Waals surface area contributed by atoms with E-state index in [9.17, 15) is 4.79 Å². The van der Waals surface area contributed by atoms with Crippen molar-refractivity contribution in [1.29, 1.82) is 0 Å². The fraction of sp³-hybridized carbons (Fsp3) is 0.143. The molecular formula is C21H20N2O2. The molecule has 3 rings (SSSR count). The van der Waals surface area contributed by atoms with E-state index in [4.69, 9.17) is 4.74 Å². The number of benzene rings is 3. The molecule has 0 saturated carbocycles. The van der Waals surface area contributed by atoms with Crippen LogP contribution in [-0.2, 0) is 11.2 Å². The van der Waals surface area contributed by atoms with Crippen molar-refractivity contribution in [2.24, 2.45) is 5.10 Å². The molecule has 3 aromatic carbocycles. The van der Waals surface area contributed by atoms with E-state index in [2.05, 4.69) is 10.5 Å². The van der Waals surface area contributed by atoms with E-state index in [-0.39, 0.29) is 12.3 Å². The van der Waals surface area contributed by atoms with Crippen LogP contribution >= 0.6 is 0 Å². The summed E-state index contributed by atoms with van der Waals surface area (Å²) in [5.74, 6) is 0.618. The highest BCUT2D eigenvalue weighted by Gasteiger charge is 2.07. The van der Waals surface area contributed by atoms with Crippen molar-refractivity contribution in [2.75, 3.05) is 7.11 Å². The SMILES string of the molecule is COc1cccc(/C(C)=N/NC(=O)Cc2cccc3ccccc23)c1. The van der Waals surface area contributed by atoms with Gasteiger partial charge in [-0.1, -0.05) is 54.6 Å². The van der Waals surface area contributed by atoms with Crippen LogP contribution in [0.15, 0.2) is 71.8 Å². The van der Waals surface area contributed by atoms with Crippen LogP contribution in [0, 0.1) is 0 Å². The zero-order valence-electron chi connectivity index (χ0n) is 14.3.